The van der Waals surface area contributed by atoms with E-state index in [4.69, 9.17) is 20.8 Å². The molecule has 0 fully saturated rings. The molecule has 0 spiro atoms. The average Bonchev–Trinajstić information content (AvgIpc) is 2.51. The van der Waals surface area contributed by atoms with E-state index in [1.807, 2.05) is 6.92 Å². The van der Waals surface area contributed by atoms with Crippen molar-refractivity contribution in [2.24, 2.45) is 0 Å². The number of halogens is 1. The lowest BCUT2D eigenvalue weighted by Gasteiger charge is -2.11. The number of hydrogen-bond donors (Lipinski definition) is 1. The molecular weight excluding hydrogens is 206 g/mol. The third-order valence-electron chi connectivity index (χ3n) is 1.66. The molecule has 0 bridgehead atoms. The number of methoxy groups -OCH3 is 1. The maximum absolute atomic E-state index is 11.5. The molecule has 0 saturated carbocycles. The summed E-state index contributed by atoms with van der Waals surface area (Å²) < 4.78 is 9.68. The van der Waals surface area contributed by atoms with Crippen LogP contribution in [0.3, 0.4) is 0 Å². The second-order valence-electron chi connectivity index (χ2n) is 2.94. The smallest absolute Gasteiger partial charge is 0.256 e. The van der Waals surface area contributed by atoms with E-state index in [1.54, 1.807) is 7.11 Å². The minimum atomic E-state index is -0.256. The van der Waals surface area contributed by atoms with Crippen molar-refractivity contribution >= 4 is 17.5 Å². The number of amides is 1. The van der Waals surface area contributed by atoms with Gasteiger partial charge >= 0.3 is 0 Å². The number of furan rings is 1. The van der Waals surface area contributed by atoms with Crippen molar-refractivity contribution in [3.05, 3.63) is 23.1 Å². The summed E-state index contributed by atoms with van der Waals surface area (Å²) in [7, 11) is 1.58. The lowest BCUT2D eigenvalue weighted by molar-refractivity contribution is 0.0905. The molecule has 0 aromatic carbocycles. The quantitative estimate of drug-likeness (QED) is 0.835. The van der Waals surface area contributed by atoms with Crippen molar-refractivity contribution in [1.29, 1.82) is 0 Å². The van der Waals surface area contributed by atoms with Gasteiger partial charge in [-0.3, -0.25) is 4.79 Å². The molecular formula is C9H12ClNO3. The maximum Gasteiger partial charge on any atom is 0.256 e. The summed E-state index contributed by atoms with van der Waals surface area (Å²) in [6.07, 6.45) is 1.37. The monoisotopic (exact) mass is 217 g/mol. The highest BCUT2D eigenvalue weighted by Gasteiger charge is 2.14. The van der Waals surface area contributed by atoms with Crippen LogP contribution < -0.4 is 5.32 Å². The molecule has 5 heteroatoms. The van der Waals surface area contributed by atoms with Gasteiger partial charge in [0.25, 0.3) is 5.91 Å². The van der Waals surface area contributed by atoms with Gasteiger partial charge in [0.05, 0.1) is 18.4 Å². The van der Waals surface area contributed by atoms with Crippen LogP contribution in [-0.4, -0.2) is 25.7 Å². The first kappa shape index (κ1) is 11.1. The lowest BCUT2D eigenvalue weighted by atomic mass is 10.3. The Bertz CT molecular complexity index is 311. The fourth-order valence-electron chi connectivity index (χ4n) is 1.05. The van der Waals surface area contributed by atoms with Gasteiger partial charge in [-0.05, 0) is 24.6 Å². The van der Waals surface area contributed by atoms with Crippen LogP contribution in [-0.2, 0) is 4.74 Å². The predicted molar refractivity (Wildman–Crippen MR) is 52.5 cm³/mol. The molecule has 0 aliphatic heterocycles. The summed E-state index contributed by atoms with van der Waals surface area (Å²) in [6.45, 7) is 2.30. The van der Waals surface area contributed by atoms with E-state index in [-0.39, 0.29) is 17.2 Å². The molecule has 14 heavy (non-hydrogen) atoms. The molecule has 1 N–H and O–H groups in total. The fourth-order valence-corrected chi connectivity index (χ4v) is 1.25. The van der Waals surface area contributed by atoms with Crippen LogP contribution >= 0.6 is 11.6 Å². The number of ether oxygens (including phenoxy) is 1. The number of hydrogen-bond acceptors (Lipinski definition) is 3. The molecule has 0 aliphatic carbocycles. The van der Waals surface area contributed by atoms with Crippen molar-refractivity contribution in [3.63, 3.8) is 0 Å². The highest BCUT2D eigenvalue weighted by Crippen LogP contribution is 2.16. The lowest BCUT2D eigenvalue weighted by Crippen LogP contribution is -2.35. The number of rotatable bonds is 4. The fraction of sp³-hybridized carbons (Fsp3) is 0.444. The molecule has 1 rings (SSSR count). The molecule has 0 radical (unpaired) electrons. The topological polar surface area (TPSA) is 51.5 Å². The second kappa shape index (κ2) is 5.02. The van der Waals surface area contributed by atoms with Gasteiger partial charge in [0.15, 0.2) is 0 Å². The van der Waals surface area contributed by atoms with E-state index in [2.05, 4.69) is 5.32 Å². The van der Waals surface area contributed by atoms with E-state index in [1.165, 1.54) is 12.3 Å². The highest BCUT2D eigenvalue weighted by molar-refractivity contribution is 6.32. The minimum absolute atomic E-state index is 0.0570. The number of nitrogens with one attached hydrogen (secondary N) is 1. The van der Waals surface area contributed by atoms with Crippen LogP contribution in [0, 0.1) is 0 Å². The van der Waals surface area contributed by atoms with Gasteiger partial charge in [0.2, 0.25) is 5.22 Å². The predicted octanol–water partition coefficient (Wildman–Crippen LogP) is 1.70. The van der Waals surface area contributed by atoms with Crippen molar-refractivity contribution < 1.29 is 13.9 Å². The Hall–Kier alpha value is -1.00. The average molecular weight is 218 g/mol. The van der Waals surface area contributed by atoms with Crippen LogP contribution in [0.5, 0.6) is 0 Å². The summed E-state index contributed by atoms with van der Waals surface area (Å²) in [6, 6.07) is 1.47. The Kier molecular flexibility index (Phi) is 3.98. The van der Waals surface area contributed by atoms with E-state index in [0.29, 0.717) is 12.2 Å². The molecule has 0 aliphatic rings. The Morgan fingerprint density at radius 1 is 1.79 bits per heavy atom. The van der Waals surface area contributed by atoms with Gasteiger partial charge in [-0.15, -0.1) is 0 Å². The Morgan fingerprint density at radius 3 is 3.00 bits per heavy atom. The molecule has 1 atom stereocenters. The molecule has 4 nitrogen and oxygen atoms in total. The Morgan fingerprint density at radius 2 is 2.50 bits per heavy atom. The normalized spacial score (nSPS) is 12.5. The van der Waals surface area contributed by atoms with E-state index < -0.39 is 0 Å². The van der Waals surface area contributed by atoms with Crippen molar-refractivity contribution in [2.45, 2.75) is 13.0 Å². The largest absolute Gasteiger partial charge is 0.452 e. The van der Waals surface area contributed by atoms with Crippen molar-refractivity contribution in [2.75, 3.05) is 13.7 Å². The van der Waals surface area contributed by atoms with Crippen LogP contribution in [0.25, 0.3) is 0 Å². The van der Waals surface area contributed by atoms with Gasteiger partial charge in [-0.2, -0.15) is 0 Å². The second-order valence-corrected chi connectivity index (χ2v) is 3.28. The molecule has 1 aromatic rings. The van der Waals surface area contributed by atoms with Gasteiger partial charge in [-0.25, -0.2) is 0 Å². The first-order valence-corrected chi connectivity index (χ1v) is 4.55. The summed E-state index contributed by atoms with van der Waals surface area (Å²) in [5, 5.41) is 2.82. The summed E-state index contributed by atoms with van der Waals surface area (Å²) >= 11 is 5.64. The molecule has 78 valence electrons. The molecule has 1 amide bonds. The van der Waals surface area contributed by atoms with Crippen molar-refractivity contribution in [1.82, 2.24) is 5.32 Å². The highest BCUT2D eigenvalue weighted by atomic mass is 35.5. The Balaban J connectivity index is 2.55. The Labute approximate surface area is 87.2 Å². The maximum atomic E-state index is 11.5. The van der Waals surface area contributed by atoms with E-state index >= 15 is 0 Å². The zero-order valence-corrected chi connectivity index (χ0v) is 8.80. The standard InChI is InChI=1S/C9H12ClNO3/c1-6(5-13-2)11-9(12)7-3-4-14-8(7)10/h3-4,6H,5H2,1-2H3,(H,11,12). The number of carbonyl (C=O) groups is 1. The van der Waals surface area contributed by atoms with Gasteiger partial charge in [-0.1, -0.05) is 0 Å². The summed E-state index contributed by atoms with van der Waals surface area (Å²) in [5.74, 6) is -0.256. The van der Waals surface area contributed by atoms with Crippen LogP contribution in [0.1, 0.15) is 17.3 Å². The third kappa shape index (κ3) is 2.75. The van der Waals surface area contributed by atoms with Gasteiger partial charge in [0, 0.05) is 13.2 Å². The van der Waals surface area contributed by atoms with E-state index in [9.17, 15) is 4.79 Å². The zero-order chi connectivity index (χ0) is 10.6. The zero-order valence-electron chi connectivity index (χ0n) is 8.04. The van der Waals surface area contributed by atoms with Crippen LogP contribution in [0.2, 0.25) is 5.22 Å². The molecule has 1 heterocycles. The first-order valence-electron chi connectivity index (χ1n) is 4.18. The molecule has 1 unspecified atom stereocenters. The SMILES string of the molecule is COCC(C)NC(=O)c1ccoc1Cl. The number of carbonyl (C=O) groups excluding carboxylic acids is 1. The molecule has 0 saturated heterocycles. The van der Waals surface area contributed by atoms with Crippen LogP contribution in [0.15, 0.2) is 16.7 Å². The van der Waals surface area contributed by atoms with Crippen molar-refractivity contribution in [3.8, 4) is 0 Å². The summed E-state index contributed by atoms with van der Waals surface area (Å²) in [4.78, 5) is 11.5. The third-order valence-corrected chi connectivity index (χ3v) is 1.95. The minimum Gasteiger partial charge on any atom is -0.452 e. The van der Waals surface area contributed by atoms with Crippen LogP contribution in [0.4, 0.5) is 0 Å². The van der Waals surface area contributed by atoms with Gasteiger partial charge < -0.3 is 14.5 Å². The summed E-state index contributed by atoms with van der Waals surface area (Å²) in [5.41, 5.74) is 0.342. The van der Waals surface area contributed by atoms with Gasteiger partial charge in [0.1, 0.15) is 0 Å². The molecule has 1 aromatic heterocycles. The first-order chi connectivity index (χ1) is 6.65. The van der Waals surface area contributed by atoms with E-state index in [0.717, 1.165) is 0 Å².